The van der Waals surface area contributed by atoms with Gasteiger partial charge in [0.15, 0.2) is 0 Å². The molecule has 1 rings (SSSR count). The predicted molar refractivity (Wildman–Crippen MR) is 167 cm³/mol. The van der Waals surface area contributed by atoms with E-state index in [1.807, 2.05) is 13.8 Å². The molecule has 0 bridgehead atoms. The van der Waals surface area contributed by atoms with Crippen LogP contribution in [-0.4, -0.2) is 50.1 Å². The summed E-state index contributed by atoms with van der Waals surface area (Å²) in [4.78, 5) is 32.8. The number of carbonyl (C=O) groups is 3. The lowest BCUT2D eigenvalue weighted by Crippen LogP contribution is -2.36. The van der Waals surface area contributed by atoms with Crippen molar-refractivity contribution in [3.63, 3.8) is 0 Å². The molecule has 1 fully saturated rings. The number of nitrogens with one attached hydrogen (secondary N) is 1. The number of ketones is 1. The molecule has 0 heterocycles. The van der Waals surface area contributed by atoms with E-state index in [2.05, 4.69) is 12.2 Å². The molecule has 0 aliphatic heterocycles. The van der Waals surface area contributed by atoms with E-state index >= 15 is 0 Å². The van der Waals surface area contributed by atoms with Gasteiger partial charge in [0.2, 0.25) is 11.8 Å². The molecule has 0 aromatic carbocycles. The summed E-state index contributed by atoms with van der Waals surface area (Å²) in [6.45, 7) is 9.62. The molecule has 0 aromatic rings. The number of amides is 2. The van der Waals surface area contributed by atoms with Crippen molar-refractivity contribution in [3.8, 4) is 0 Å². The molecule has 7 nitrogen and oxygen atoms in total. The van der Waals surface area contributed by atoms with Crippen molar-refractivity contribution in [1.82, 2.24) is 5.32 Å². The maximum absolute atomic E-state index is 11.7. The van der Waals surface area contributed by atoms with Gasteiger partial charge in [0.1, 0.15) is 5.78 Å². The van der Waals surface area contributed by atoms with E-state index in [4.69, 9.17) is 15.2 Å². The largest absolute Gasteiger partial charge is 0.379 e. The summed E-state index contributed by atoms with van der Waals surface area (Å²) >= 11 is 0. The Bertz CT molecular complexity index is 565. The van der Waals surface area contributed by atoms with Crippen LogP contribution in [-0.2, 0) is 23.9 Å². The van der Waals surface area contributed by atoms with Gasteiger partial charge in [-0.05, 0) is 26.2 Å². The Hall–Kier alpha value is -1.47. The SMILES string of the molecule is CC.CC(=O)CCOCCOCCC(=O)NC1CCCCC1.CCCCCCCCCCCCCCCC(N)=O. The summed E-state index contributed by atoms with van der Waals surface area (Å²) < 4.78 is 10.6. The summed E-state index contributed by atoms with van der Waals surface area (Å²) in [5.41, 5.74) is 5.09. The zero-order valence-corrected chi connectivity index (χ0v) is 26.9. The first-order valence-electron chi connectivity index (χ1n) is 16.7. The molecule has 3 N–H and O–H groups in total. The topological polar surface area (TPSA) is 108 Å². The Morgan fingerprint density at radius 1 is 0.650 bits per heavy atom. The van der Waals surface area contributed by atoms with Crippen LogP contribution in [0.4, 0.5) is 0 Å². The van der Waals surface area contributed by atoms with Gasteiger partial charge in [-0.3, -0.25) is 14.4 Å². The number of unbranched alkanes of at least 4 members (excludes halogenated alkanes) is 12. The lowest BCUT2D eigenvalue weighted by atomic mass is 9.95. The van der Waals surface area contributed by atoms with Crippen LogP contribution in [0.15, 0.2) is 0 Å². The van der Waals surface area contributed by atoms with Gasteiger partial charge in [-0.2, -0.15) is 0 Å². The van der Waals surface area contributed by atoms with Crippen molar-refractivity contribution in [1.29, 1.82) is 0 Å². The van der Waals surface area contributed by atoms with Crippen LogP contribution >= 0.6 is 0 Å². The Kier molecular flexibility index (Phi) is 34.3. The summed E-state index contributed by atoms with van der Waals surface area (Å²) in [5.74, 6) is 0.0535. The number of Topliss-reactive ketones (excluding diaryl/α,β-unsaturated/α-hetero) is 1. The normalized spacial score (nSPS) is 13.0. The Labute approximate surface area is 247 Å². The van der Waals surface area contributed by atoms with E-state index in [-0.39, 0.29) is 17.6 Å². The van der Waals surface area contributed by atoms with Crippen LogP contribution < -0.4 is 11.1 Å². The molecule has 0 radical (unpaired) electrons. The lowest BCUT2D eigenvalue weighted by molar-refractivity contribution is -0.123. The highest BCUT2D eigenvalue weighted by Crippen LogP contribution is 2.17. The van der Waals surface area contributed by atoms with Crippen LogP contribution in [0, 0.1) is 0 Å². The van der Waals surface area contributed by atoms with Crippen LogP contribution in [0.5, 0.6) is 0 Å². The number of hydrogen-bond donors (Lipinski definition) is 2. The van der Waals surface area contributed by atoms with Crippen molar-refractivity contribution >= 4 is 17.6 Å². The van der Waals surface area contributed by atoms with Gasteiger partial charge in [0.25, 0.3) is 0 Å². The fourth-order valence-corrected chi connectivity index (χ4v) is 4.57. The summed E-state index contributed by atoms with van der Waals surface area (Å²) in [6.07, 6.45) is 24.7. The molecule has 0 unspecified atom stereocenters. The van der Waals surface area contributed by atoms with Crippen LogP contribution in [0.1, 0.15) is 163 Å². The molecule has 2 amide bonds. The van der Waals surface area contributed by atoms with Crippen molar-refractivity contribution < 1.29 is 23.9 Å². The molecule has 7 heteroatoms. The number of carbonyl (C=O) groups excluding carboxylic acids is 3. The first kappa shape index (κ1) is 40.7. The molecular formula is C33H66N2O5. The minimum atomic E-state index is -0.155. The zero-order valence-electron chi connectivity index (χ0n) is 26.9. The Morgan fingerprint density at radius 2 is 1.10 bits per heavy atom. The first-order chi connectivity index (χ1) is 19.5. The van der Waals surface area contributed by atoms with Gasteiger partial charge in [-0.15, -0.1) is 0 Å². The van der Waals surface area contributed by atoms with Gasteiger partial charge in [0.05, 0.1) is 26.4 Å². The number of primary amides is 1. The van der Waals surface area contributed by atoms with Gasteiger partial charge >= 0.3 is 0 Å². The molecule has 1 aliphatic carbocycles. The first-order valence-corrected chi connectivity index (χ1v) is 16.7. The third-order valence-electron chi connectivity index (χ3n) is 6.94. The van der Waals surface area contributed by atoms with Gasteiger partial charge in [-0.1, -0.05) is 117 Å². The smallest absolute Gasteiger partial charge is 0.222 e. The molecule has 1 aliphatic rings. The fourth-order valence-electron chi connectivity index (χ4n) is 4.57. The molecule has 0 atom stereocenters. The van der Waals surface area contributed by atoms with E-state index in [9.17, 15) is 14.4 Å². The third-order valence-corrected chi connectivity index (χ3v) is 6.94. The predicted octanol–water partition coefficient (Wildman–Crippen LogP) is 7.82. The van der Waals surface area contributed by atoms with Gasteiger partial charge in [0, 0.05) is 25.3 Å². The Balaban J connectivity index is 0. The van der Waals surface area contributed by atoms with Gasteiger partial charge < -0.3 is 20.5 Å². The lowest BCUT2D eigenvalue weighted by Gasteiger charge is -2.22. The second kappa shape index (κ2) is 33.7. The highest BCUT2D eigenvalue weighted by atomic mass is 16.5. The molecule has 0 spiro atoms. The van der Waals surface area contributed by atoms with E-state index in [1.54, 1.807) is 6.92 Å². The van der Waals surface area contributed by atoms with E-state index < -0.39 is 0 Å². The highest BCUT2D eigenvalue weighted by molar-refractivity contribution is 5.76. The van der Waals surface area contributed by atoms with Crippen LogP contribution in [0.3, 0.4) is 0 Å². The second-order valence-corrected chi connectivity index (χ2v) is 10.8. The molecular weight excluding hydrogens is 504 g/mol. The molecule has 0 saturated heterocycles. The Morgan fingerprint density at radius 3 is 1.55 bits per heavy atom. The highest BCUT2D eigenvalue weighted by Gasteiger charge is 2.15. The summed E-state index contributed by atoms with van der Waals surface area (Å²) in [6, 6.07) is 0.367. The quantitative estimate of drug-likeness (QED) is 0.115. The molecule has 0 aromatic heterocycles. The van der Waals surface area contributed by atoms with Gasteiger partial charge in [-0.25, -0.2) is 0 Å². The average molecular weight is 571 g/mol. The standard InChI is InChI=1S/C16H33NO.C15H27NO4.C2H6/c1-2-3-4-5-6-7-8-9-10-11-12-13-14-15-16(17)18;1-13(17)7-9-19-11-12-20-10-8-15(18)16-14-5-3-2-4-6-14;1-2/h2-15H2,1H3,(H2,17,18);14H,2-12H2,1H3,(H,16,18);1-2H3. The molecule has 1 saturated carbocycles. The van der Waals surface area contributed by atoms with Crippen molar-refractivity contribution in [2.45, 2.75) is 169 Å². The third kappa shape index (κ3) is 34.6. The number of hydrogen-bond acceptors (Lipinski definition) is 5. The van der Waals surface area contributed by atoms with Crippen LogP contribution in [0.25, 0.3) is 0 Å². The summed E-state index contributed by atoms with van der Waals surface area (Å²) in [7, 11) is 0. The minimum Gasteiger partial charge on any atom is -0.379 e. The number of nitrogens with two attached hydrogens (primary N) is 1. The fraction of sp³-hybridized carbons (Fsp3) is 0.909. The molecule has 238 valence electrons. The van der Waals surface area contributed by atoms with Crippen molar-refractivity contribution in [3.05, 3.63) is 0 Å². The number of rotatable bonds is 24. The zero-order chi connectivity index (χ0) is 30.1. The van der Waals surface area contributed by atoms with Crippen molar-refractivity contribution in [2.75, 3.05) is 26.4 Å². The minimum absolute atomic E-state index is 0.0781. The maximum atomic E-state index is 11.7. The van der Waals surface area contributed by atoms with E-state index in [1.165, 1.54) is 96.3 Å². The summed E-state index contributed by atoms with van der Waals surface area (Å²) in [5, 5.41) is 3.05. The second-order valence-electron chi connectivity index (χ2n) is 10.8. The molecule has 40 heavy (non-hydrogen) atoms. The monoisotopic (exact) mass is 570 g/mol. The number of ether oxygens (including phenoxy) is 2. The van der Waals surface area contributed by atoms with Crippen molar-refractivity contribution in [2.24, 2.45) is 5.73 Å². The van der Waals surface area contributed by atoms with E-state index in [0.717, 1.165) is 19.3 Å². The maximum Gasteiger partial charge on any atom is 0.222 e. The van der Waals surface area contributed by atoms with E-state index in [0.29, 0.717) is 51.7 Å². The van der Waals surface area contributed by atoms with Crippen LogP contribution in [0.2, 0.25) is 0 Å². The average Bonchev–Trinajstić information content (AvgIpc) is 2.94.